The van der Waals surface area contributed by atoms with Gasteiger partial charge in [0.15, 0.2) is 0 Å². The van der Waals surface area contributed by atoms with E-state index in [1.54, 1.807) is 38.5 Å². The highest BCUT2D eigenvalue weighted by molar-refractivity contribution is 5.03. The lowest BCUT2D eigenvalue weighted by atomic mass is 9.47. The van der Waals surface area contributed by atoms with Gasteiger partial charge >= 0.3 is 0 Å². The smallest absolute Gasteiger partial charge is 0.0912 e. The van der Waals surface area contributed by atoms with Crippen molar-refractivity contribution in [3.63, 3.8) is 0 Å². The Morgan fingerprint density at radius 1 is 0.875 bits per heavy atom. The molecule has 0 aromatic heterocycles. The summed E-state index contributed by atoms with van der Waals surface area (Å²) in [5.74, 6) is 3.29. The van der Waals surface area contributed by atoms with Gasteiger partial charge in [-0.25, -0.2) is 0 Å². The Hall–Kier alpha value is -0.0400. The van der Waals surface area contributed by atoms with Crippen molar-refractivity contribution in [2.45, 2.75) is 51.5 Å². The second kappa shape index (κ2) is 3.25. The molecule has 0 N–H and O–H groups in total. The van der Waals surface area contributed by atoms with Gasteiger partial charge < -0.3 is 4.48 Å². The lowest BCUT2D eigenvalue weighted by Gasteiger charge is -2.60. The Morgan fingerprint density at radius 2 is 1.25 bits per heavy atom. The molecule has 1 heteroatoms. The first-order valence-electron chi connectivity index (χ1n) is 7.20. The molecule has 0 heterocycles. The summed E-state index contributed by atoms with van der Waals surface area (Å²) in [4.78, 5) is 0. The molecule has 0 radical (unpaired) electrons. The normalized spacial score (nSPS) is 48.4. The van der Waals surface area contributed by atoms with Crippen molar-refractivity contribution in [1.82, 2.24) is 0 Å². The summed E-state index contributed by atoms with van der Waals surface area (Å²) in [6.07, 6.45) is 9.37. The van der Waals surface area contributed by atoms with Crippen LogP contribution in [0.2, 0.25) is 0 Å². The molecule has 0 saturated heterocycles. The minimum atomic E-state index is 0.715. The van der Waals surface area contributed by atoms with Crippen molar-refractivity contribution >= 4 is 0 Å². The van der Waals surface area contributed by atoms with Gasteiger partial charge in [0.1, 0.15) is 0 Å². The maximum absolute atomic E-state index is 2.52. The maximum Gasteiger partial charge on any atom is 0.0912 e. The first-order chi connectivity index (χ1) is 7.39. The van der Waals surface area contributed by atoms with E-state index in [0.29, 0.717) is 5.41 Å². The quantitative estimate of drug-likeness (QED) is 0.629. The van der Waals surface area contributed by atoms with Crippen LogP contribution in [0, 0.1) is 23.2 Å². The van der Waals surface area contributed by atoms with Gasteiger partial charge in [-0.1, -0.05) is 0 Å². The van der Waals surface area contributed by atoms with Crippen LogP contribution in [-0.2, 0) is 0 Å². The minimum absolute atomic E-state index is 0.715. The number of hydrogen-bond donors (Lipinski definition) is 0. The van der Waals surface area contributed by atoms with E-state index >= 15 is 0 Å². The van der Waals surface area contributed by atoms with E-state index in [1.165, 1.54) is 0 Å². The van der Waals surface area contributed by atoms with Gasteiger partial charge in [0, 0.05) is 5.41 Å². The number of nitrogens with zero attached hydrogens (tertiary/aromatic N) is 1. The predicted octanol–water partition coefficient (Wildman–Crippen LogP) is 3.30. The summed E-state index contributed by atoms with van der Waals surface area (Å²) < 4.78 is 1.16. The molecule has 16 heavy (non-hydrogen) atoms. The predicted molar refractivity (Wildman–Crippen MR) is 68.1 cm³/mol. The van der Waals surface area contributed by atoms with Crippen LogP contribution in [0.5, 0.6) is 0 Å². The largest absolute Gasteiger partial charge is 0.328 e. The first-order valence-corrected chi connectivity index (χ1v) is 7.20. The summed E-state index contributed by atoms with van der Waals surface area (Å²) in [7, 11) is 7.18. The summed E-state index contributed by atoms with van der Waals surface area (Å²) in [5, 5.41) is 0. The molecule has 4 rings (SSSR count). The van der Waals surface area contributed by atoms with Gasteiger partial charge in [0.2, 0.25) is 0 Å². The van der Waals surface area contributed by atoms with Crippen molar-refractivity contribution in [3.8, 4) is 0 Å². The molecule has 0 spiro atoms. The third-order valence-corrected chi connectivity index (χ3v) is 6.13. The zero-order valence-electron chi connectivity index (χ0n) is 11.5. The van der Waals surface area contributed by atoms with Gasteiger partial charge in [0.25, 0.3) is 0 Å². The van der Waals surface area contributed by atoms with E-state index in [0.717, 1.165) is 28.3 Å². The summed E-state index contributed by atoms with van der Waals surface area (Å²) in [6.45, 7) is 2.52. The highest BCUT2D eigenvalue weighted by Gasteiger charge is 2.56. The SMILES string of the molecule is C[C@@H](C12CC3CC(CC(C3)C1)C2)[N+](C)(C)C. The molecule has 4 fully saturated rings. The topological polar surface area (TPSA) is 0 Å². The van der Waals surface area contributed by atoms with Crippen LogP contribution in [0.15, 0.2) is 0 Å². The maximum atomic E-state index is 2.52. The molecule has 4 bridgehead atoms. The Bertz CT molecular complexity index is 251. The Kier molecular flexibility index (Phi) is 2.25. The van der Waals surface area contributed by atoms with Crippen molar-refractivity contribution in [3.05, 3.63) is 0 Å². The minimum Gasteiger partial charge on any atom is -0.328 e. The molecule has 1 atom stereocenters. The number of hydrogen-bond acceptors (Lipinski definition) is 0. The van der Waals surface area contributed by atoms with E-state index in [9.17, 15) is 0 Å². The van der Waals surface area contributed by atoms with Crippen LogP contribution >= 0.6 is 0 Å². The molecular formula is C15H28N+. The third-order valence-electron chi connectivity index (χ3n) is 6.13. The molecule has 4 aliphatic carbocycles. The fourth-order valence-electron chi connectivity index (χ4n) is 5.51. The molecular weight excluding hydrogens is 194 g/mol. The van der Waals surface area contributed by atoms with Gasteiger partial charge in [-0.05, 0) is 63.2 Å². The van der Waals surface area contributed by atoms with E-state index in [4.69, 9.17) is 0 Å². The standard InChI is InChI=1S/C15H28N/c1-11(16(2,3)4)15-8-12-5-13(9-15)7-14(6-12)10-15/h11-14H,5-10H2,1-4H3/q+1/t11-,12?,13?,14?,15?/m0/s1. The molecule has 0 unspecified atom stereocenters. The summed E-state index contributed by atoms with van der Waals surface area (Å²) in [5.41, 5.74) is 0.715. The van der Waals surface area contributed by atoms with E-state index < -0.39 is 0 Å². The van der Waals surface area contributed by atoms with E-state index in [2.05, 4.69) is 28.1 Å². The zero-order chi connectivity index (χ0) is 11.6. The van der Waals surface area contributed by atoms with Crippen molar-refractivity contribution < 1.29 is 4.48 Å². The number of quaternary nitrogens is 1. The van der Waals surface area contributed by atoms with Gasteiger partial charge in [-0.15, -0.1) is 0 Å². The third kappa shape index (κ3) is 1.54. The highest BCUT2D eigenvalue weighted by Crippen LogP contribution is 2.62. The molecule has 0 aromatic rings. The number of rotatable bonds is 2. The van der Waals surface area contributed by atoms with Crippen LogP contribution in [0.1, 0.15) is 45.4 Å². The average Bonchev–Trinajstić information content (AvgIpc) is 2.12. The van der Waals surface area contributed by atoms with Gasteiger partial charge in [-0.2, -0.15) is 0 Å². The fourth-order valence-corrected chi connectivity index (χ4v) is 5.51. The Labute approximate surface area is 101 Å². The highest BCUT2D eigenvalue weighted by atomic mass is 15.3. The van der Waals surface area contributed by atoms with Crippen LogP contribution in [0.4, 0.5) is 0 Å². The monoisotopic (exact) mass is 222 g/mol. The van der Waals surface area contributed by atoms with Crippen LogP contribution < -0.4 is 0 Å². The molecule has 1 nitrogen and oxygen atoms in total. The molecule has 0 amide bonds. The first kappa shape index (κ1) is 11.1. The Balaban J connectivity index is 1.88. The fraction of sp³-hybridized carbons (Fsp3) is 1.00. The Morgan fingerprint density at radius 3 is 1.56 bits per heavy atom. The summed E-state index contributed by atoms with van der Waals surface area (Å²) >= 11 is 0. The van der Waals surface area contributed by atoms with Crippen LogP contribution in [0.25, 0.3) is 0 Å². The van der Waals surface area contributed by atoms with Crippen molar-refractivity contribution in [2.24, 2.45) is 23.2 Å². The lowest BCUT2D eigenvalue weighted by Crippen LogP contribution is -2.59. The second-order valence-electron chi connectivity index (χ2n) is 8.07. The van der Waals surface area contributed by atoms with Crippen molar-refractivity contribution in [2.75, 3.05) is 21.1 Å². The lowest BCUT2D eigenvalue weighted by molar-refractivity contribution is -0.903. The van der Waals surface area contributed by atoms with Crippen molar-refractivity contribution in [1.29, 1.82) is 0 Å². The van der Waals surface area contributed by atoms with E-state index in [-0.39, 0.29) is 0 Å². The average molecular weight is 222 g/mol. The molecule has 92 valence electrons. The van der Waals surface area contributed by atoms with Crippen LogP contribution in [-0.4, -0.2) is 31.7 Å². The molecule has 0 aliphatic heterocycles. The molecule has 4 aliphatic rings. The van der Waals surface area contributed by atoms with Crippen LogP contribution in [0.3, 0.4) is 0 Å². The van der Waals surface area contributed by atoms with E-state index in [1.807, 2.05) is 0 Å². The zero-order valence-corrected chi connectivity index (χ0v) is 11.5. The molecule has 0 aromatic carbocycles. The summed E-state index contributed by atoms with van der Waals surface area (Å²) in [6, 6.07) is 0.848. The molecule has 4 saturated carbocycles. The van der Waals surface area contributed by atoms with Gasteiger partial charge in [0.05, 0.1) is 27.2 Å². The second-order valence-corrected chi connectivity index (χ2v) is 8.07. The van der Waals surface area contributed by atoms with Gasteiger partial charge in [-0.3, -0.25) is 0 Å².